The monoisotopic (exact) mass is 348 g/mol. The number of nitrogens with two attached hydrogens (primary N) is 1. The molecule has 7 nitrogen and oxygen atoms in total. The molecular formula is C18H28N4O3. The van der Waals surface area contributed by atoms with Crippen molar-refractivity contribution in [1.82, 2.24) is 10.9 Å². The van der Waals surface area contributed by atoms with Crippen LogP contribution in [-0.4, -0.2) is 36.6 Å². The maximum absolute atomic E-state index is 11.7. The molecular weight excluding hydrogens is 320 g/mol. The van der Waals surface area contributed by atoms with Crippen LogP contribution >= 0.6 is 0 Å². The van der Waals surface area contributed by atoms with Crippen LogP contribution in [0.5, 0.6) is 0 Å². The Hall–Kier alpha value is -2.28. The summed E-state index contributed by atoms with van der Waals surface area (Å²) in [7, 11) is 0. The van der Waals surface area contributed by atoms with Gasteiger partial charge in [0.05, 0.1) is 11.4 Å². The first-order valence-electron chi connectivity index (χ1n) is 8.55. The van der Waals surface area contributed by atoms with Gasteiger partial charge in [-0.1, -0.05) is 0 Å². The van der Waals surface area contributed by atoms with Gasteiger partial charge in [0, 0.05) is 24.7 Å². The van der Waals surface area contributed by atoms with Crippen LogP contribution in [0.25, 0.3) is 0 Å². The van der Waals surface area contributed by atoms with Crippen LogP contribution in [0.1, 0.15) is 50.9 Å². The number of anilines is 2. The summed E-state index contributed by atoms with van der Waals surface area (Å²) in [5, 5.41) is 0. The van der Waals surface area contributed by atoms with Crippen LogP contribution in [0.3, 0.4) is 0 Å². The number of carbonyl (C=O) groups is 2. The van der Waals surface area contributed by atoms with Gasteiger partial charge in [-0.25, -0.2) is 10.2 Å². The number of amides is 1. The first-order valence-corrected chi connectivity index (χ1v) is 8.55. The standard InChI is InChI=1S/C18H28N4O3/c1-12(23)13-7-8-16(15(19)10-13)22-9-5-6-14(11-22)20-21-17(24)25-18(2,3)4/h7-8,10,14,20H,5-6,9,11,19H2,1-4H3,(H,21,24). The Bertz CT molecular complexity index is 640. The number of nitrogens with one attached hydrogen (secondary N) is 2. The number of hydrogen-bond acceptors (Lipinski definition) is 6. The highest BCUT2D eigenvalue weighted by atomic mass is 16.6. The third kappa shape index (κ3) is 5.63. The lowest BCUT2D eigenvalue weighted by Crippen LogP contribution is -2.53. The molecule has 1 aliphatic heterocycles. The van der Waals surface area contributed by atoms with Crippen LogP contribution in [0.15, 0.2) is 18.2 Å². The number of piperidine rings is 1. The zero-order chi connectivity index (χ0) is 18.6. The largest absolute Gasteiger partial charge is 0.443 e. The molecule has 25 heavy (non-hydrogen) atoms. The molecule has 0 spiro atoms. The Balaban J connectivity index is 1.94. The van der Waals surface area contributed by atoms with Gasteiger partial charge in [-0.15, -0.1) is 0 Å². The van der Waals surface area contributed by atoms with Crippen molar-refractivity contribution >= 4 is 23.3 Å². The van der Waals surface area contributed by atoms with E-state index in [0.717, 1.165) is 25.1 Å². The number of nitrogen functional groups attached to an aromatic ring is 1. The van der Waals surface area contributed by atoms with Crippen molar-refractivity contribution in [3.05, 3.63) is 23.8 Å². The predicted octanol–water partition coefficient (Wildman–Crippen LogP) is 2.47. The smallest absolute Gasteiger partial charge is 0.422 e. The second kappa shape index (κ2) is 7.74. The van der Waals surface area contributed by atoms with Gasteiger partial charge in [0.1, 0.15) is 5.60 Å². The highest BCUT2D eigenvalue weighted by Gasteiger charge is 2.23. The van der Waals surface area contributed by atoms with Crippen molar-refractivity contribution in [2.75, 3.05) is 23.7 Å². The molecule has 1 saturated heterocycles. The van der Waals surface area contributed by atoms with Crippen molar-refractivity contribution in [2.24, 2.45) is 0 Å². The van der Waals surface area contributed by atoms with Crippen LogP contribution in [0.4, 0.5) is 16.2 Å². The van der Waals surface area contributed by atoms with Gasteiger partial charge >= 0.3 is 6.09 Å². The van der Waals surface area contributed by atoms with Crippen molar-refractivity contribution in [3.8, 4) is 0 Å². The molecule has 138 valence electrons. The molecule has 4 N–H and O–H groups in total. The molecule has 1 atom stereocenters. The lowest BCUT2D eigenvalue weighted by atomic mass is 10.0. The number of benzene rings is 1. The maximum atomic E-state index is 11.7. The quantitative estimate of drug-likeness (QED) is 0.439. The third-order valence-electron chi connectivity index (χ3n) is 3.97. The van der Waals surface area contributed by atoms with Gasteiger partial charge in [-0.05, 0) is 58.7 Å². The summed E-state index contributed by atoms with van der Waals surface area (Å²) < 4.78 is 5.22. The van der Waals surface area contributed by atoms with E-state index in [4.69, 9.17) is 10.5 Å². The van der Waals surface area contributed by atoms with E-state index in [2.05, 4.69) is 15.8 Å². The SMILES string of the molecule is CC(=O)c1ccc(N2CCCC(NNC(=O)OC(C)(C)C)C2)c(N)c1. The molecule has 0 bridgehead atoms. The van der Waals surface area contributed by atoms with Gasteiger partial charge in [0.15, 0.2) is 5.78 Å². The average Bonchev–Trinajstić information content (AvgIpc) is 2.51. The maximum Gasteiger partial charge on any atom is 0.422 e. The van der Waals surface area contributed by atoms with E-state index >= 15 is 0 Å². The van der Waals surface area contributed by atoms with Gasteiger partial charge in [0.2, 0.25) is 0 Å². The third-order valence-corrected chi connectivity index (χ3v) is 3.97. The first-order chi connectivity index (χ1) is 11.7. The molecule has 0 aliphatic carbocycles. The molecule has 1 aliphatic rings. The number of Topliss-reactive ketones (excluding diaryl/α,β-unsaturated/α-hetero) is 1. The average molecular weight is 348 g/mol. The highest BCUT2D eigenvalue weighted by Crippen LogP contribution is 2.27. The first kappa shape index (κ1) is 19.1. The number of nitrogens with zero attached hydrogens (tertiary/aromatic N) is 1. The van der Waals surface area contributed by atoms with Gasteiger partial charge in [-0.3, -0.25) is 10.2 Å². The fourth-order valence-corrected chi connectivity index (χ4v) is 2.84. The Morgan fingerprint density at radius 3 is 2.64 bits per heavy atom. The van der Waals surface area contributed by atoms with Gasteiger partial charge in [0.25, 0.3) is 0 Å². The summed E-state index contributed by atoms with van der Waals surface area (Å²) in [6.07, 6.45) is 1.43. The zero-order valence-corrected chi connectivity index (χ0v) is 15.4. The minimum absolute atomic E-state index is 0.00185. The van der Waals surface area contributed by atoms with Crippen molar-refractivity contribution < 1.29 is 14.3 Å². The summed E-state index contributed by atoms with van der Waals surface area (Å²) in [6, 6.07) is 5.49. The topological polar surface area (TPSA) is 96.7 Å². The molecule has 0 aromatic heterocycles. The van der Waals surface area contributed by atoms with E-state index in [1.165, 1.54) is 6.92 Å². The normalized spacial score (nSPS) is 17.9. The molecule has 1 fully saturated rings. The molecule has 1 heterocycles. The minimum Gasteiger partial charge on any atom is -0.443 e. The molecule has 1 unspecified atom stereocenters. The summed E-state index contributed by atoms with van der Waals surface area (Å²) in [5.74, 6) is -0.00185. The van der Waals surface area contributed by atoms with E-state index in [9.17, 15) is 9.59 Å². The Labute approximate surface area is 148 Å². The molecule has 1 aromatic carbocycles. The molecule has 7 heteroatoms. The zero-order valence-electron chi connectivity index (χ0n) is 15.4. The fourth-order valence-electron chi connectivity index (χ4n) is 2.84. The summed E-state index contributed by atoms with van der Waals surface area (Å²) >= 11 is 0. The van der Waals surface area contributed by atoms with Gasteiger partial charge < -0.3 is 15.4 Å². The second-order valence-corrected chi connectivity index (χ2v) is 7.39. The van der Waals surface area contributed by atoms with Crippen molar-refractivity contribution in [1.29, 1.82) is 0 Å². The van der Waals surface area contributed by atoms with Crippen LogP contribution < -0.4 is 21.5 Å². The van der Waals surface area contributed by atoms with Gasteiger partial charge in [-0.2, -0.15) is 0 Å². The molecule has 1 amide bonds. The predicted molar refractivity (Wildman–Crippen MR) is 98.6 cm³/mol. The molecule has 0 radical (unpaired) electrons. The van der Waals surface area contributed by atoms with E-state index in [1.54, 1.807) is 12.1 Å². The summed E-state index contributed by atoms with van der Waals surface area (Å²) in [5.41, 5.74) is 13.3. The Morgan fingerprint density at radius 1 is 1.32 bits per heavy atom. The molecule has 1 aromatic rings. The summed E-state index contributed by atoms with van der Waals surface area (Å²) in [6.45, 7) is 8.58. The number of hydrazine groups is 1. The minimum atomic E-state index is -0.530. The van der Waals surface area contributed by atoms with E-state index in [0.29, 0.717) is 17.8 Å². The second-order valence-electron chi connectivity index (χ2n) is 7.39. The lowest BCUT2D eigenvalue weighted by Gasteiger charge is -2.35. The van der Waals surface area contributed by atoms with Crippen molar-refractivity contribution in [2.45, 2.75) is 52.2 Å². The number of ketones is 1. The number of rotatable bonds is 4. The van der Waals surface area contributed by atoms with E-state index in [-0.39, 0.29) is 11.8 Å². The van der Waals surface area contributed by atoms with Crippen LogP contribution in [0, 0.1) is 0 Å². The van der Waals surface area contributed by atoms with Crippen molar-refractivity contribution in [3.63, 3.8) is 0 Å². The lowest BCUT2D eigenvalue weighted by molar-refractivity contribution is 0.0485. The van der Waals surface area contributed by atoms with Crippen LogP contribution in [0.2, 0.25) is 0 Å². The number of ether oxygens (including phenoxy) is 1. The van der Waals surface area contributed by atoms with E-state index in [1.807, 2.05) is 26.8 Å². The summed E-state index contributed by atoms with van der Waals surface area (Å²) in [4.78, 5) is 25.4. The van der Waals surface area contributed by atoms with E-state index < -0.39 is 11.7 Å². The highest BCUT2D eigenvalue weighted by molar-refractivity contribution is 5.96. The van der Waals surface area contributed by atoms with Crippen LogP contribution in [-0.2, 0) is 4.74 Å². The molecule has 2 rings (SSSR count). The Morgan fingerprint density at radius 2 is 2.04 bits per heavy atom. The molecule has 0 saturated carbocycles. The number of carbonyl (C=O) groups excluding carboxylic acids is 2. The number of hydrogen-bond donors (Lipinski definition) is 3. The Kier molecular flexibility index (Phi) is 5.89. The fraction of sp³-hybridized carbons (Fsp3) is 0.556.